The molecule has 0 saturated carbocycles. The number of para-hydroxylation sites is 1. The zero-order chi connectivity index (χ0) is 15.4. The molecule has 114 valence electrons. The molecule has 0 bridgehead atoms. The van der Waals surface area contributed by atoms with Gasteiger partial charge in [0.2, 0.25) is 5.91 Å². The summed E-state index contributed by atoms with van der Waals surface area (Å²) in [6.45, 7) is 3.17. The Labute approximate surface area is 124 Å². The van der Waals surface area contributed by atoms with Crippen molar-refractivity contribution in [2.45, 2.75) is 25.3 Å². The fraction of sp³-hybridized carbons (Fsp3) is 0.467. The second-order valence-corrected chi connectivity index (χ2v) is 5.23. The summed E-state index contributed by atoms with van der Waals surface area (Å²) in [4.78, 5) is 25.4. The van der Waals surface area contributed by atoms with Gasteiger partial charge in [0.1, 0.15) is 6.04 Å². The predicted molar refractivity (Wildman–Crippen MR) is 82.3 cm³/mol. The number of fused-ring (bicyclic) bond motifs is 1. The van der Waals surface area contributed by atoms with Crippen LogP contribution >= 0.6 is 0 Å². The average molecular weight is 290 g/mol. The molecular weight excluding hydrogens is 268 g/mol. The second-order valence-electron chi connectivity index (χ2n) is 5.23. The number of hydrogen-bond donors (Lipinski definition) is 3. The van der Waals surface area contributed by atoms with E-state index in [0.29, 0.717) is 12.5 Å². The third-order valence-corrected chi connectivity index (χ3v) is 3.93. The van der Waals surface area contributed by atoms with Crippen LogP contribution in [-0.4, -0.2) is 38.1 Å². The maximum atomic E-state index is 12.1. The molecule has 0 fully saturated rings. The number of imide groups is 1. The van der Waals surface area contributed by atoms with Gasteiger partial charge >= 0.3 is 6.03 Å². The summed E-state index contributed by atoms with van der Waals surface area (Å²) in [5.74, 6) is 0.0269. The standard InChI is InChI=1S/C15H22N4O2/c1-10(14(20)18-15(21)17-2)19-9-11(7-8-16)12-5-3-4-6-13(12)19/h3-6,10-11H,7-9,16H2,1-2H3,(H2,17,18,20,21). The fourth-order valence-corrected chi connectivity index (χ4v) is 2.76. The van der Waals surface area contributed by atoms with E-state index in [-0.39, 0.29) is 5.91 Å². The summed E-state index contributed by atoms with van der Waals surface area (Å²) in [5, 5.41) is 4.71. The molecule has 0 saturated heterocycles. The van der Waals surface area contributed by atoms with Crippen LogP contribution in [0.2, 0.25) is 0 Å². The maximum absolute atomic E-state index is 12.1. The zero-order valence-electron chi connectivity index (χ0n) is 12.4. The highest BCUT2D eigenvalue weighted by Crippen LogP contribution is 2.38. The minimum Gasteiger partial charge on any atom is -0.359 e. The van der Waals surface area contributed by atoms with Crippen molar-refractivity contribution in [3.63, 3.8) is 0 Å². The molecule has 0 aliphatic carbocycles. The second kappa shape index (κ2) is 6.58. The van der Waals surface area contributed by atoms with Crippen molar-refractivity contribution >= 4 is 17.6 Å². The molecule has 4 N–H and O–H groups in total. The van der Waals surface area contributed by atoms with E-state index in [9.17, 15) is 9.59 Å². The van der Waals surface area contributed by atoms with Gasteiger partial charge in [-0.2, -0.15) is 0 Å². The van der Waals surface area contributed by atoms with E-state index < -0.39 is 12.1 Å². The fourth-order valence-electron chi connectivity index (χ4n) is 2.76. The summed E-state index contributed by atoms with van der Waals surface area (Å²) in [6.07, 6.45) is 0.886. The molecule has 0 radical (unpaired) electrons. The summed E-state index contributed by atoms with van der Waals surface area (Å²) < 4.78 is 0. The molecule has 6 nitrogen and oxygen atoms in total. The zero-order valence-corrected chi connectivity index (χ0v) is 12.4. The number of nitrogens with one attached hydrogen (secondary N) is 2. The third kappa shape index (κ3) is 3.16. The monoisotopic (exact) mass is 290 g/mol. The number of urea groups is 1. The number of amides is 3. The normalized spacial score (nSPS) is 18.0. The smallest absolute Gasteiger partial charge is 0.321 e. The van der Waals surface area contributed by atoms with E-state index >= 15 is 0 Å². The molecule has 3 amide bonds. The lowest BCUT2D eigenvalue weighted by Gasteiger charge is -2.26. The van der Waals surface area contributed by atoms with Gasteiger partial charge in [0, 0.05) is 25.2 Å². The van der Waals surface area contributed by atoms with Crippen molar-refractivity contribution in [3.8, 4) is 0 Å². The van der Waals surface area contributed by atoms with E-state index in [2.05, 4.69) is 16.7 Å². The first kappa shape index (κ1) is 15.3. The van der Waals surface area contributed by atoms with Crippen molar-refractivity contribution in [1.29, 1.82) is 0 Å². The molecule has 1 heterocycles. The first-order valence-electron chi connectivity index (χ1n) is 7.16. The molecule has 0 aromatic heterocycles. The Balaban J connectivity index is 2.17. The number of hydrogen-bond acceptors (Lipinski definition) is 4. The lowest BCUT2D eigenvalue weighted by Crippen LogP contribution is -2.49. The van der Waals surface area contributed by atoms with Crippen LogP contribution in [0, 0.1) is 0 Å². The average Bonchev–Trinajstić information content (AvgIpc) is 2.86. The van der Waals surface area contributed by atoms with Crippen LogP contribution in [0.1, 0.15) is 24.8 Å². The molecule has 1 aliphatic rings. The molecule has 1 aliphatic heterocycles. The molecule has 2 unspecified atom stereocenters. The van der Waals surface area contributed by atoms with E-state index in [4.69, 9.17) is 5.73 Å². The lowest BCUT2D eigenvalue weighted by molar-refractivity contribution is -0.120. The Bertz CT molecular complexity index is 532. The van der Waals surface area contributed by atoms with E-state index in [1.54, 1.807) is 6.92 Å². The van der Waals surface area contributed by atoms with Gasteiger partial charge in [-0.05, 0) is 31.5 Å². The predicted octanol–water partition coefficient (Wildman–Crippen LogP) is 0.783. The molecule has 2 atom stereocenters. The van der Waals surface area contributed by atoms with E-state index in [1.807, 2.05) is 23.1 Å². The van der Waals surface area contributed by atoms with Crippen LogP contribution in [0.25, 0.3) is 0 Å². The van der Waals surface area contributed by atoms with Gasteiger partial charge < -0.3 is 16.0 Å². The topological polar surface area (TPSA) is 87.5 Å². The van der Waals surface area contributed by atoms with E-state index in [0.717, 1.165) is 18.7 Å². The van der Waals surface area contributed by atoms with Crippen molar-refractivity contribution in [3.05, 3.63) is 29.8 Å². The van der Waals surface area contributed by atoms with Gasteiger partial charge in [-0.25, -0.2) is 4.79 Å². The summed E-state index contributed by atoms with van der Waals surface area (Å²) in [7, 11) is 1.48. The third-order valence-electron chi connectivity index (χ3n) is 3.93. The largest absolute Gasteiger partial charge is 0.359 e. The lowest BCUT2D eigenvalue weighted by atomic mass is 9.98. The van der Waals surface area contributed by atoms with Gasteiger partial charge in [-0.1, -0.05) is 18.2 Å². The van der Waals surface area contributed by atoms with Gasteiger partial charge in [0.25, 0.3) is 0 Å². The van der Waals surface area contributed by atoms with Gasteiger partial charge in [-0.15, -0.1) is 0 Å². The molecule has 21 heavy (non-hydrogen) atoms. The number of benzene rings is 1. The molecule has 6 heteroatoms. The number of rotatable bonds is 4. The van der Waals surface area contributed by atoms with Crippen molar-refractivity contribution in [1.82, 2.24) is 10.6 Å². The van der Waals surface area contributed by atoms with Gasteiger partial charge in [0.05, 0.1) is 0 Å². The Kier molecular flexibility index (Phi) is 4.80. The first-order valence-corrected chi connectivity index (χ1v) is 7.16. The molecule has 2 rings (SSSR count). The maximum Gasteiger partial charge on any atom is 0.321 e. The van der Waals surface area contributed by atoms with Crippen molar-refractivity contribution in [2.24, 2.45) is 5.73 Å². The SMILES string of the molecule is CNC(=O)NC(=O)C(C)N1CC(CCN)c2ccccc21. The highest BCUT2D eigenvalue weighted by Gasteiger charge is 2.33. The molecule has 1 aromatic carbocycles. The Morgan fingerprint density at radius 2 is 2.14 bits per heavy atom. The molecule has 1 aromatic rings. The van der Waals surface area contributed by atoms with Crippen molar-refractivity contribution in [2.75, 3.05) is 25.0 Å². The number of carbonyl (C=O) groups is 2. The number of carbonyl (C=O) groups excluding carboxylic acids is 2. The van der Waals surface area contributed by atoms with Gasteiger partial charge in [0.15, 0.2) is 0 Å². The highest BCUT2D eigenvalue weighted by atomic mass is 16.2. The number of nitrogens with zero attached hydrogens (tertiary/aromatic N) is 1. The Hall–Kier alpha value is -2.08. The molecular formula is C15H22N4O2. The van der Waals surface area contributed by atoms with Gasteiger partial charge in [-0.3, -0.25) is 10.1 Å². The minimum absolute atomic E-state index is 0.308. The van der Waals surface area contributed by atoms with E-state index in [1.165, 1.54) is 12.6 Å². The van der Waals surface area contributed by atoms with Crippen LogP contribution in [-0.2, 0) is 4.79 Å². The van der Waals surface area contributed by atoms with Crippen LogP contribution in [0.3, 0.4) is 0 Å². The summed E-state index contributed by atoms with van der Waals surface area (Å²) in [5.41, 5.74) is 7.96. The molecule has 0 spiro atoms. The van der Waals surface area contributed by atoms with Crippen LogP contribution in [0.15, 0.2) is 24.3 Å². The quantitative estimate of drug-likeness (QED) is 0.765. The number of nitrogens with two attached hydrogens (primary N) is 1. The van der Waals surface area contributed by atoms with Crippen LogP contribution in [0.5, 0.6) is 0 Å². The van der Waals surface area contributed by atoms with Crippen LogP contribution < -0.4 is 21.3 Å². The number of anilines is 1. The highest BCUT2D eigenvalue weighted by molar-refractivity contribution is 5.98. The summed E-state index contributed by atoms with van der Waals surface area (Å²) >= 11 is 0. The minimum atomic E-state index is -0.488. The Morgan fingerprint density at radius 3 is 2.81 bits per heavy atom. The first-order chi connectivity index (χ1) is 10.1. The summed E-state index contributed by atoms with van der Waals surface area (Å²) in [6, 6.07) is 7.15. The van der Waals surface area contributed by atoms with Crippen molar-refractivity contribution < 1.29 is 9.59 Å². The van der Waals surface area contributed by atoms with Crippen LogP contribution in [0.4, 0.5) is 10.5 Å². The Morgan fingerprint density at radius 1 is 1.43 bits per heavy atom.